The maximum Gasteiger partial charge on any atom is 0.329 e. The van der Waals surface area contributed by atoms with Gasteiger partial charge < -0.3 is 15.5 Å². The molecule has 1 aliphatic rings. The molecule has 0 bridgehead atoms. The molecule has 0 aromatic heterocycles. The van der Waals surface area contributed by atoms with Gasteiger partial charge in [0.1, 0.15) is 5.54 Å². The molecule has 0 aliphatic heterocycles. The Bertz CT molecular complexity index is 346. The predicted octanol–water partition coefficient (Wildman–Crippen LogP) is 1.00. The van der Waals surface area contributed by atoms with Crippen molar-refractivity contribution in [2.75, 3.05) is 0 Å². The Labute approximate surface area is 105 Å². The monoisotopic (exact) mass is 257 g/mol. The van der Waals surface area contributed by atoms with Crippen molar-refractivity contribution in [3.8, 4) is 0 Å². The Hall–Kier alpha value is -1.59. The Morgan fingerprint density at radius 2 is 1.78 bits per heavy atom. The molecular weight excluding hydrogens is 238 g/mol. The van der Waals surface area contributed by atoms with Gasteiger partial charge in [-0.2, -0.15) is 0 Å². The van der Waals surface area contributed by atoms with E-state index in [1.165, 1.54) is 0 Å². The summed E-state index contributed by atoms with van der Waals surface area (Å²) in [6, 6.07) is 0. The van der Waals surface area contributed by atoms with Crippen molar-refractivity contribution in [1.29, 1.82) is 0 Å². The molecule has 1 atom stereocenters. The number of hydrogen-bond donors (Lipinski definition) is 3. The van der Waals surface area contributed by atoms with Crippen molar-refractivity contribution >= 4 is 17.8 Å². The van der Waals surface area contributed by atoms with Crippen LogP contribution in [0, 0.1) is 5.92 Å². The van der Waals surface area contributed by atoms with E-state index in [1.54, 1.807) is 6.92 Å². The molecule has 1 rings (SSSR count). The van der Waals surface area contributed by atoms with Crippen LogP contribution in [0.25, 0.3) is 0 Å². The first kappa shape index (κ1) is 14.5. The highest BCUT2D eigenvalue weighted by molar-refractivity contribution is 5.88. The van der Waals surface area contributed by atoms with Gasteiger partial charge in [-0.15, -0.1) is 0 Å². The number of carboxylic acids is 2. The average Bonchev–Trinajstić information content (AvgIpc) is 2.75. The Balaban J connectivity index is 2.56. The Morgan fingerprint density at radius 3 is 2.22 bits per heavy atom. The predicted molar refractivity (Wildman–Crippen MR) is 63.0 cm³/mol. The number of amides is 1. The summed E-state index contributed by atoms with van der Waals surface area (Å²) in [5.41, 5.74) is -1.14. The van der Waals surface area contributed by atoms with Gasteiger partial charge in [0.25, 0.3) is 0 Å². The second-order valence-electron chi connectivity index (χ2n) is 4.92. The Kier molecular flexibility index (Phi) is 4.69. The van der Waals surface area contributed by atoms with Crippen LogP contribution < -0.4 is 5.32 Å². The van der Waals surface area contributed by atoms with Crippen LogP contribution in [0.4, 0.5) is 0 Å². The summed E-state index contributed by atoms with van der Waals surface area (Å²) in [6.07, 6.45) is 2.59. The molecule has 0 aromatic rings. The minimum Gasteiger partial charge on any atom is -0.481 e. The van der Waals surface area contributed by atoms with Gasteiger partial charge >= 0.3 is 11.9 Å². The van der Waals surface area contributed by atoms with E-state index in [4.69, 9.17) is 5.11 Å². The smallest absolute Gasteiger partial charge is 0.329 e. The van der Waals surface area contributed by atoms with Crippen LogP contribution in [0.1, 0.15) is 45.4 Å². The quantitative estimate of drug-likeness (QED) is 0.658. The van der Waals surface area contributed by atoms with Gasteiger partial charge in [-0.3, -0.25) is 9.59 Å². The third-order valence-corrected chi connectivity index (χ3v) is 3.47. The molecule has 0 radical (unpaired) electrons. The molecule has 0 saturated heterocycles. The van der Waals surface area contributed by atoms with Gasteiger partial charge in [0.15, 0.2) is 0 Å². The van der Waals surface area contributed by atoms with Crippen molar-refractivity contribution in [2.45, 2.75) is 51.0 Å². The molecule has 0 heterocycles. The summed E-state index contributed by atoms with van der Waals surface area (Å²) in [5.74, 6) is -2.82. The maximum atomic E-state index is 11.9. The number of carbonyl (C=O) groups is 3. The summed E-state index contributed by atoms with van der Waals surface area (Å²) in [6.45, 7) is 1.61. The third-order valence-electron chi connectivity index (χ3n) is 3.47. The molecular formula is C12H19NO5. The first-order valence-electron chi connectivity index (χ1n) is 6.14. The van der Waals surface area contributed by atoms with Crippen LogP contribution in [0.3, 0.4) is 0 Å². The van der Waals surface area contributed by atoms with E-state index >= 15 is 0 Å². The fourth-order valence-corrected chi connectivity index (χ4v) is 2.20. The van der Waals surface area contributed by atoms with Crippen LogP contribution in [-0.2, 0) is 14.4 Å². The van der Waals surface area contributed by atoms with Gasteiger partial charge in [-0.05, 0) is 19.3 Å². The number of aliphatic carboxylic acids is 2. The zero-order chi connectivity index (χ0) is 13.8. The summed E-state index contributed by atoms with van der Waals surface area (Å²) in [4.78, 5) is 33.5. The van der Waals surface area contributed by atoms with Crippen LogP contribution in [0.5, 0.6) is 0 Å². The van der Waals surface area contributed by atoms with Crippen LogP contribution >= 0.6 is 0 Å². The first-order chi connectivity index (χ1) is 8.37. The average molecular weight is 257 g/mol. The summed E-state index contributed by atoms with van der Waals surface area (Å²) in [5, 5.41) is 20.3. The highest BCUT2D eigenvalue weighted by Gasteiger charge is 2.43. The fourth-order valence-electron chi connectivity index (χ4n) is 2.20. The standard InChI is InChI=1S/C12H19NO5/c1-8(4-5-9(14)15)10(16)13-12(11(17)18)6-2-3-7-12/h8H,2-7H2,1H3,(H,13,16)(H,14,15)(H,17,18). The second kappa shape index (κ2) is 5.84. The lowest BCUT2D eigenvalue weighted by Crippen LogP contribution is -2.53. The van der Waals surface area contributed by atoms with E-state index in [9.17, 15) is 19.5 Å². The van der Waals surface area contributed by atoms with E-state index in [0.717, 1.165) is 12.8 Å². The minimum absolute atomic E-state index is 0.0886. The van der Waals surface area contributed by atoms with E-state index < -0.39 is 23.4 Å². The van der Waals surface area contributed by atoms with Crippen LogP contribution in [0.15, 0.2) is 0 Å². The van der Waals surface area contributed by atoms with Crippen molar-refractivity contribution in [2.24, 2.45) is 5.92 Å². The summed E-state index contributed by atoms with van der Waals surface area (Å²) in [7, 11) is 0. The molecule has 102 valence electrons. The molecule has 1 amide bonds. The third kappa shape index (κ3) is 3.45. The molecule has 18 heavy (non-hydrogen) atoms. The molecule has 0 aromatic carbocycles. The van der Waals surface area contributed by atoms with Crippen molar-refractivity contribution < 1.29 is 24.6 Å². The number of carbonyl (C=O) groups excluding carboxylic acids is 1. The van der Waals surface area contributed by atoms with E-state index in [2.05, 4.69) is 5.32 Å². The zero-order valence-electron chi connectivity index (χ0n) is 10.4. The van der Waals surface area contributed by atoms with Crippen molar-refractivity contribution in [3.63, 3.8) is 0 Å². The van der Waals surface area contributed by atoms with Gasteiger partial charge in [-0.1, -0.05) is 19.8 Å². The number of carboxylic acid groups (broad SMARTS) is 2. The Morgan fingerprint density at radius 1 is 1.22 bits per heavy atom. The maximum absolute atomic E-state index is 11.9. The highest BCUT2D eigenvalue weighted by atomic mass is 16.4. The normalized spacial score (nSPS) is 19.2. The lowest BCUT2D eigenvalue weighted by Gasteiger charge is -2.27. The summed E-state index contributed by atoms with van der Waals surface area (Å²) < 4.78 is 0. The summed E-state index contributed by atoms with van der Waals surface area (Å²) >= 11 is 0. The molecule has 3 N–H and O–H groups in total. The van der Waals surface area contributed by atoms with Gasteiger partial charge in [0.2, 0.25) is 5.91 Å². The fraction of sp³-hybridized carbons (Fsp3) is 0.750. The second-order valence-corrected chi connectivity index (χ2v) is 4.92. The van der Waals surface area contributed by atoms with Gasteiger partial charge in [-0.25, -0.2) is 4.79 Å². The van der Waals surface area contributed by atoms with Gasteiger partial charge in [0, 0.05) is 12.3 Å². The number of rotatable bonds is 6. The van der Waals surface area contributed by atoms with Gasteiger partial charge in [0.05, 0.1) is 0 Å². The number of nitrogens with one attached hydrogen (secondary N) is 1. The van der Waals surface area contributed by atoms with E-state index in [0.29, 0.717) is 12.8 Å². The van der Waals surface area contributed by atoms with Crippen molar-refractivity contribution in [3.05, 3.63) is 0 Å². The van der Waals surface area contributed by atoms with Crippen LogP contribution in [0.2, 0.25) is 0 Å². The lowest BCUT2D eigenvalue weighted by molar-refractivity contribution is -0.148. The molecule has 1 unspecified atom stereocenters. The first-order valence-corrected chi connectivity index (χ1v) is 6.14. The largest absolute Gasteiger partial charge is 0.481 e. The molecule has 0 spiro atoms. The SMILES string of the molecule is CC(CCC(=O)O)C(=O)NC1(C(=O)O)CCCC1. The molecule has 1 fully saturated rings. The zero-order valence-corrected chi connectivity index (χ0v) is 10.4. The minimum atomic E-state index is -1.14. The lowest BCUT2D eigenvalue weighted by atomic mass is 9.95. The van der Waals surface area contributed by atoms with Crippen LogP contribution in [-0.4, -0.2) is 33.6 Å². The topological polar surface area (TPSA) is 104 Å². The number of hydrogen-bond acceptors (Lipinski definition) is 3. The van der Waals surface area contributed by atoms with E-state index in [1.807, 2.05) is 0 Å². The molecule has 1 saturated carbocycles. The van der Waals surface area contributed by atoms with Crippen molar-refractivity contribution in [1.82, 2.24) is 5.32 Å². The van der Waals surface area contributed by atoms with E-state index in [-0.39, 0.29) is 18.7 Å². The molecule has 6 heteroatoms. The molecule has 6 nitrogen and oxygen atoms in total. The molecule has 1 aliphatic carbocycles. The highest BCUT2D eigenvalue weighted by Crippen LogP contribution is 2.30.